The summed E-state index contributed by atoms with van der Waals surface area (Å²) in [5, 5.41) is 12.9. The van der Waals surface area contributed by atoms with Crippen LogP contribution in [0.4, 0.5) is 0 Å². The third-order valence-corrected chi connectivity index (χ3v) is 3.15. The average molecular weight is 279 g/mol. The van der Waals surface area contributed by atoms with Gasteiger partial charge >= 0.3 is 0 Å². The topological polar surface area (TPSA) is 50.7 Å². The van der Waals surface area contributed by atoms with E-state index in [4.69, 9.17) is 9.47 Å². The number of aliphatic hydroxyl groups is 1. The zero-order valence-electron chi connectivity index (χ0n) is 12.4. The number of ether oxygens (including phenoxy) is 2. The van der Waals surface area contributed by atoms with Crippen molar-refractivity contribution in [1.29, 1.82) is 0 Å². The van der Waals surface area contributed by atoms with Crippen molar-refractivity contribution < 1.29 is 14.6 Å². The van der Waals surface area contributed by atoms with Gasteiger partial charge in [0.25, 0.3) is 0 Å². The minimum absolute atomic E-state index is 0.299. The van der Waals surface area contributed by atoms with Crippen LogP contribution in [0.15, 0.2) is 18.2 Å². The summed E-state index contributed by atoms with van der Waals surface area (Å²) in [5.41, 5.74) is 1.11. The van der Waals surface area contributed by atoms with E-state index in [1.165, 1.54) is 12.8 Å². The monoisotopic (exact) mass is 279 g/mol. The standard InChI is InChI=1S/C16H25NO3/c1-3-8-19-15-7-4-13(10-17-14-5-6-14)16(9-15)20-11-12(2)18/h4,7,9,12,14,17-18H,3,5-6,8,10-11H2,1-2H3. The summed E-state index contributed by atoms with van der Waals surface area (Å²) in [6.07, 6.45) is 3.04. The summed E-state index contributed by atoms with van der Waals surface area (Å²) >= 11 is 0. The third kappa shape index (κ3) is 5.02. The van der Waals surface area contributed by atoms with Crippen LogP contribution in [0.3, 0.4) is 0 Å². The van der Waals surface area contributed by atoms with Gasteiger partial charge in [-0.3, -0.25) is 0 Å². The number of aliphatic hydroxyl groups excluding tert-OH is 1. The lowest BCUT2D eigenvalue weighted by molar-refractivity contribution is 0.122. The molecule has 1 atom stereocenters. The second kappa shape index (κ2) is 7.50. The first-order chi connectivity index (χ1) is 9.69. The highest BCUT2D eigenvalue weighted by Gasteiger charge is 2.20. The van der Waals surface area contributed by atoms with Gasteiger partial charge in [-0.2, -0.15) is 0 Å². The molecule has 0 amide bonds. The molecule has 1 aliphatic rings. The second-order valence-corrected chi connectivity index (χ2v) is 5.43. The molecule has 20 heavy (non-hydrogen) atoms. The van der Waals surface area contributed by atoms with E-state index >= 15 is 0 Å². The van der Waals surface area contributed by atoms with E-state index in [1.54, 1.807) is 6.92 Å². The molecule has 4 nitrogen and oxygen atoms in total. The van der Waals surface area contributed by atoms with Crippen LogP contribution >= 0.6 is 0 Å². The minimum Gasteiger partial charge on any atom is -0.493 e. The van der Waals surface area contributed by atoms with Crippen LogP contribution in [-0.2, 0) is 6.54 Å². The van der Waals surface area contributed by atoms with Crippen LogP contribution in [0.2, 0.25) is 0 Å². The third-order valence-electron chi connectivity index (χ3n) is 3.15. The van der Waals surface area contributed by atoms with Crippen molar-refractivity contribution in [2.24, 2.45) is 0 Å². The van der Waals surface area contributed by atoms with Gasteiger partial charge in [0, 0.05) is 24.2 Å². The number of nitrogens with one attached hydrogen (secondary N) is 1. The van der Waals surface area contributed by atoms with Crippen molar-refractivity contribution in [2.75, 3.05) is 13.2 Å². The normalized spacial score (nSPS) is 15.9. The first-order valence-electron chi connectivity index (χ1n) is 7.49. The Morgan fingerprint density at radius 2 is 2.15 bits per heavy atom. The van der Waals surface area contributed by atoms with Crippen molar-refractivity contribution in [3.63, 3.8) is 0 Å². The lowest BCUT2D eigenvalue weighted by Gasteiger charge is -2.15. The largest absolute Gasteiger partial charge is 0.493 e. The van der Waals surface area contributed by atoms with Gasteiger partial charge in [-0.15, -0.1) is 0 Å². The number of hydrogen-bond donors (Lipinski definition) is 2. The Labute approximate surface area is 121 Å². The summed E-state index contributed by atoms with van der Waals surface area (Å²) in [6, 6.07) is 6.60. The van der Waals surface area contributed by atoms with E-state index in [0.29, 0.717) is 19.3 Å². The molecule has 0 saturated heterocycles. The summed E-state index contributed by atoms with van der Waals surface area (Å²) < 4.78 is 11.3. The van der Waals surface area contributed by atoms with Gasteiger partial charge in [0.05, 0.1) is 12.7 Å². The van der Waals surface area contributed by atoms with Crippen LogP contribution in [0, 0.1) is 0 Å². The molecule has 0 heterocycles. The van der Waals surface area contributed by atoms with E-state index in [0.717, 1.165) is 30.0 Å². The van der Waals surface area contributed by atoms with Crippen LogP contribution in [0.5, 0.6) is 11.5 Å². The summed E-state index contributed by atoms with van der Waals surface area (Å²) in [5.74, 6) is 1.62. The molecule has 1 aromatic rings. The fourth-order valence-electron chi connectivity index (χ4n) is 1.88. The van der Waals surface area contributed by atoms with Crippen molar-refractivity contribution in [3.8, 4) is 11.5 Å². The summed E-state index contributed by atoms with van der Waals surface area (Å²) in [7, 11) is 0. The Morgan fingerprint density at radius 1 is 1.35 bits per heavy atom. The highest BCUT2D eigenvalue weighted by molar-refractivity contribution is 5.41. The molecule has 0 aromatic heterocycles. The second-order valence-electron chi connectivity index (χ2n) is 5.43. The lowest BCUT2D eigenvalue weighted by atomic mass is 10.2. The summed E-state index contributed by atoms with van der Waals surface area (Å²) in [6.45, 7) is 5.61. The first-order valence-corrected chi connectivity index (χ1v) is 7.49. The van der Waals surface area contributed by atoms with Gasteiger partial charge in [-0.25, -0.2) is 0 Å². The van der Waals surface area contributed by atoms with E-state index in [2.05, 4.69) is 12.2 Å². The maximum atomic E-state index is 9.37. The molecule has 0 spiro atoms. The fraction of sp³-hybridized carbons (Fsp3) is 0.625. The van der Waals surface area contributed by atoms with Crippen molar-refractivity contribution in [2.45, 2.75) is 51.8 Å². The summed E-state index contributed by atoms with van der Waals surface area (Å²) in [4.78, 5) is 0. The van der Waals surface area contributed by atoms with Gasteiger partial charge < -0.3 is 19.9 Å². The Bertz CT molecular complexity index is 416. The SMILES string of the molecule is CCCOc1ccc(CNC2CC2)c(OCC(C)O)c1. The molecule has 0 aliphatic heterocycles. The van der Waals surface area contributed by atoms with Gasteiger partial charge in [0.15, 0.2) is 0 Å². The molecule has 1 unspecified atom stereocenters. The first kappa shape index (κ1) is 15.1. The van der Waals surface area contributed by atoms with Gasteiger partial charge in [-0.1, -0.05) is 13.0 Å². The predicted molar refractivity (Wildman–Crippen MR) is 79.3 cm³/mol. The lowest BCUT2D eigenvalue weighted by Crippen LogP contribution is -2.18. The van der Waals surface area contributed by atoms with Crippen molar-refractivity contribution in [3.05, 3.63) is 23.8 Å². The molecule has 0 radical (unpaired) electrons. The molecule has 0 bridgehead atoms. The number of rotatable bonds is 9. The highest BCUT2D eigenvalue weighted by atomic mass is 16.5. The van der Waals surface area contributed by atoms with Gasteiger partial charge in [-0.05, 0) is 32.3 Å². The molecule has 2 N–H and O–H groups in total. The van der Waals surface area contributed by atoms with Gasteiger partial charge in [0.2, 0.25) is 0 Å². The maximum Gasteiger partial charge on any atom is 0.127 e. The van der Waals surface area contributed by atoms with E-state index in [-0.39, 0.29) is 0 Å². The molecule has 112 valence electrons. The molecule has 2 rings (SSSR count). The van der Waals surface area contributed by atoms with E-state index in [9.17, 15) is 5.11 Å². The molecule has 1 aliphatic carbocycles. The van der Waals surface area contributed by atoms with Crippen LogP contribution < -0.4 is 14.8 Å². The Balaban J connectivity index is 2.01. The fourth-order valence-corrected chi connectivity index (χ4v) is 1.88. The van der Waals surface area contributed by atoms with Crippen LogP contribution in [-0.4, -0.2) is 30.5 Å². The molecule has 4 heteroatoms. The Kier molecular flexibility index (Phi) is 5.68. The highest BCUT2D eigenvalue weighted by Crippen LogP contribution is 2.27. The molecule has 1 aromatic carbocycles. The molecular weight excluding hydrogens is 254 g/mol. The molecule has 1 fully saturated rings. The minimum atomic E-state index is -0.473. The average Bonchev–Trinajstić information content (AvgIpc) is 3.25. The Morgan fingerprint density at radius 3 is 2.80 bits per heavy atom. The number of benzene rings is 1. The zero-order valence-corrected chi connectivity index (χ0v) is 12.4. The Hall–Kier alpha value is -1.26. The van der Waals surface area contributed by atoms with Crippen LogP contribution in [0.25, 0.3) is 0 Å². The van der Waals surface area contributed by atoms with Crippen molar-refractivity contribution in [1.82, 2.24) is 5.32 Å². The van der Waals surface area contributed by atoms with Crippen LogP contribution in [0.1, 0.15) is 38.7 Å². The van der Waals surface area contributed by atoms with Crippen molar-refractivity contribution >= 4 is 0 Å². The van der Waals surface area contributed by atoms with E-state index in [1.807, 2.05) is 18.2 Å². The molecule has 1 saturated carbocycles. The maximum absolute atomic E-state index is 9.37. The smallest absolute Gasteiger partial charge is 0.127 e. The quantitative estimate of drug-likeness (QED) is 0.729. The molecular formula is C16H25NO3. The van der Waals surface area contributed by atoms with E-state index < -0.39 is 6.10 Å². The number of hydrogen-bond acceptors (Lipinski definition) is 4. The van der Waals surface area contributed by atoms with Gasteiger partial charge in [0.1, 0.15) is 18.1 Å². The predicted octanol–water partition coefficient (Wildman–Crippen LogP) is 2.49. The zero-order chi connectivity index (χ0) is 14.4.